The molecule has 0 bridgehead atoms. The van der Waals surface area contributed by atoms with Crippen molar-refractivity contribution >= 4 is 23.5 Å². The minimum absolute atomic E-state index is 0.333. The molecule has 234 valence electrons. The van der Waals surface area contributed by atoms with Gasteiger partial charge in [0.1, 0.15) is 18.0 Å². The van der Waals surface area contributed by atoms with E-state index < -0.39 is 5.60 Å². The highest BCUT2D eigenvalue weighted by molar-refractivity contribution is 5.91. The highest BCUT2D eigenvalue weighted by Gasteiger charge is 2.28. The van der Waals surface area contributed by atoms with E-state index in [1.807, 2.05) is 63.2 Å². The molecule has 0 saturated heterocycles. The van der Waals surface area contributed by atoms with Gasteiger partial charge in [0.15, 0.2) is 0 Å². The van der Waals surface area contributed by atoms with Crippen molar-refractivity contribution in [2.45, 2.75) is 91.3 Å². The van der Waals surface area contributed by atoms with Crippen LogP contribution in [0.4, 0.5) is 10.6 Å². The third kappa shape index (κ3) is 10.2. The molecule has 1 aromatic carbocycles. The SMILES string of the molecule is CCOC(=O)/C=C(/CCCCCCc1ccc2c(n1)N(C(=O)OC(C)(C)C)CCC2)c1ccc(OCc2ccccc2)nc1. The van der Waals surface area contributed by atoms with Gasteiger partial charge in [-0.3, -0.25) is 4.90 Å². The smallest absolute Gasteiger partial charge is 0.416 e. The van der Waals surface area contributed by atoms with E-state index in [1.54, 1.807) is 24.1 Å². The van der Waals surface area contributed by atoms with Crippen molar-refractivity contribution in [1.29, 1.82) is 0 Å². The Balaban J connectivity index is 1.28. The molecule has 1 aliphatic rings. The van der Waals surface area contributed by atoms with Gasteiger partial charge in [0.25, 0.3) is 0 Å². The first-order valence-electron chi connectivity index (χ1n) is 15.7. The molecule has 8 heteroatoms. The molecule has 0 spiro atoms. The summed E-state index contributed by atoms with van der Waals surface area (Å²) >= 11 is 0. The van der Waals surface area contributed by atoms with Gasteiger partial charge in [-0.25, -0.2) is 19.6 Å². The van der Waals surface area contributed by atoms with Crippen molar-refractivity contribution in [3.8, 4) is 5.88 Å². The normalized spacial score (nSPS) is 13.3. The number of carbonyl (C=O) groups is 2. The molecule has 0 saturated carbocycles. The third-order valence-electron chi connectivity index (χ3n) is 7.26. The molecule has 0 unspecified atom stereocenters. The van der Waals surface area contributed by atoms with E-state index in [0.717, 1.165) is 85.1 Å². The maximum atomic E-state index is 12.8. The Labute approximate surface area is 261 Å². The number of aryl methyl sites for hydroxylation is 2. The average molecular weight is 600 g/mol. The molecule has 1 aliphatic heterocycles. The number of rotatable bonds is 13. The van der Waals surface area contributed by atoms with Gasteiger partial charge in [0.05, 0.1) is 6.61 Å². The fraction of sp³-hybridized carbons (Fsp3) is 0.444. The number of ether oxygens (including phenoxy) is 3. The number of amides is 1. The van der Waals surface area contributed by atoms with E-state index in [0.29, 0.717) is 25.6 Å². The number of hydrogen-bond acceptors (Lipinski definition) is 7. The second-order valence-corrected chi connectivity index (χ2v) is 12.0. The van der Waals surface area contributed by atoms with Crippen LogP contribution in [-0.4, -0.2) is 40.8 Å². The molecule has 0 aliphatic carbocycles. The average Bonchev–Trinajstić information content (AvgIpc) is 3.01. The highest BCUT2D eigenvalue weighted by atomic mass is 16.6. The van der Waals surface area contributed by atoms with E-state index in [1.165, 1.54) is 0 Å². The summed E-state index contributed by atoms with van der Waals surface area (Å²) in [6, 6.07) is 17.9. The number of anilines is 1. The molecule has 0 atom stereocenters. The number of nitrogens with zero attached hydrogens (tertiary/aromatic N) is 3. The van der Waals surface area contributed by atoms with Crippen molar-refractivity contribution < 1.29 is 23.8 Å². The Kier molecular flexibility index (Phi) is 11.9. The van der Waals surface area contributed by atoms with Crippen molar-refractivity contribution in [2.75, 3.05) is 18.1 Å². The number of carbonyl (C=O) groups excluding carboxylic acids is 2. The standard InChI is InChI=1S/C36H45N3O5/c1-5-42-33(40)24-29(30-20-22-32(37-25-30)43-26-27-14-9-8-10-15-27)16-11-6-7-12-18-31-21-19-28-17-13-23-39(34(28)38-31)35(41)44-36(2,3)4/h8-10,14-15,19-22,24-25H,5-7,11-13,16-18,23,26H2,1-4H3/b29-24-. The summed E-state index contributed by atoms with van der Waals surface area (Å²) in [6.45, 7) is 8.85. The van der Waals surface area contributed by atoms with Crippen molar-refractivity contribution in [3.05, 3.63) is 89.3 Å². The van der Waals surface area contributed by atoms with E-state index in [9.17, 15) is 9.59 Å². The Hall–Kier alpha value is -4.20. The number of hydrogen-bond donors (Lipinski definition) is 0. The maximum absolute atomic E-state index is 12.8. The predicted octanol–water partition coefficient (Wildman–Crippen LogP) is 7.88. The van der Waals surface area contributed by atoms with Crippen molar-refractivity contribution in [1.82, 2.24) is 9.97 Å². The minimum Gasteiger partial charge on any atom is -0.473 e. The Morgan fingerprint density at radius 2 is 1.77 bits per heavy atom. The fourth-order valence-electron chi connectivity index (χ4n) is 5.10. The van der Waals surface area contributed by atoms with Gasteiger partial charge in [-0.15, -0.1) is 0 Å². The molecule has 2 aromatic heterocycles. The van der Waals surface area contributed by atoms with Gasteiger partial charge in [-0.1, -0.05) is 49.2 Å². The van der Waals surface area contributed by atoms with E-state index in [2.05, 4.69) is 17.1 Å². The maximum Gasteiger partial charge on any atom is 0.416 e. The van der Waals surface area contributed by atoms with Crippen LogP contribution in [0, 0.1) is 0 Å². The van der Waals surface area contributed by atoms with Crippen LogP contribution in [0.2, 0.25) is 0 Å². The number of aromatic nitrogens is 2. The summed E-state index contributed by atoms with van der Waals surface area (Å²) in [5.74, 6) is 0.936. The van der Waals surface area contributed by atoms with Crippen LogP contribution in [0.25, 0.3) is 5.57 Å². The highest BCUT2D eigenvalue weighted by Crippen LogP contribution is 2.28. The fourth-order valence-corrected chi connectivity index (χ4v) is 5.10. The van der Waals surface area contributed by atoms with Crippen LogP contribution in [0.3, 0.4) is 0 Å². The summed E-state index contributed by atoms with van der Waals surface area (Å²) in [5, 5.41) is 0. The Morgan fingerprint density at radius 3 is 2.50 bits per heavy atom. The second-order valence-electron chi connectivity index (χ2n) is 12.0. The number of pyridine rings is 2. The molecular weight excluding hydrogens is 554 g/mol. The van der Waals surface area contributed by atoms with Gasteiger partial charge in [-0.2, -0.15) is 0 Å². The molecule has 44 heavy (non-hydrogen) atoms. The first-order chi connectivity index (χ1) is 21.2. The number of unbranched alkanes of at least 4 members (excludes halogenated alkanes) is 3. The minimum atomic E-state index is -0.547. The van der Waals surface area contributed by atoms with Crippen LogP contribution in [-0.2, 0) is 33.7 Å². The lowest BCUT2D eigenvalue weighted by atomic mass is 9.99. The first kappa shape index (κ1) is 32.7. The van der Waals surface area contributed by atoms with E-state index in [-0.39, 0.29) is 12.1 Å². The van der Waals surface area contributed by atoms with Gasteiger partial charge in [0, 0.05) is 30.6 Å². The monoisotopic (exact) mass is 599 g/mol. The number of benzene rings is 1. The molecule has 0 radical (unpaired) electrons. The Morgan fingerprint density at radius 1 is 0.977 bits per heavy atom. The molecular formula is C36H45N3O5. The lowest BCUT2D eigenvalue weighted by molar-refractivity contribution is -0.137. The molecule has 3 aromatic rings. The molecule has 0 fully saturated rings. The van der Waals surface area contributed by atoms with Crippen molar-refractivity contribution in [3.63, 3.8) is 0 Å². The molecule has 3 heterocycles. The summed E-state index contributed by atoms with van der Waals surface area (Å²) in [7, 11) is 0. The summed E-state index contributed by atoms with van der Waals surface area (Å²) < 4.78 is 16.6. The third-order valence-corrected chi connectivity index (χ3v) is 7.26. The largest absolute Gasteiger partial charge is 0.473 e. The van der Waals surface area contributed by atoms with Crippen LogP contribution >= 0.6 is 0 Å². The summed E-state index contributed by atoms with van der Waals surface area (Å²) in [5.41, 5.74) is 4.41. The predicted molar refractivity (Wildman–Crippen MR) is 173 cm³/mol. The number of esters is 1. The molecule has 8 nitrogen and oxygen atoms in total. The zero-order valence-corrected chi connectivity index (χ0v) is 26.5. The Bertz CT molecular complexity index is 1400. The first-order valence-corrected chi connectivity index (χ1v) is 15.7. The lowest BCUT2D eigenvalue weighted by Crippen LogP contribution is -2.40. The van der Waals surface area contributed by atoms with E-state index >= 15 is 0 Å². The van der Waals surface area contributed by atoms with Crippen LogP contribution in [0.5, 0.6) is 5.88 Å². The molecule has 1 amide bonds. The van der Waals surface area contributed by atoms with Gasteiger partial charge >= 0.3 is 12.1 Å². The second kappa shape index (κ2) is 16.0. The van der Waals surface area contributed by atoms with Gasteiger partial charge < -0.3 is 14.2 Å². The molecule has 0 N–H and O–H groups in total. The topological polar surface area (TPSA) is 90.9 Å². The van der Waals surface area contributed by atoms with E-state index in [4.69, 9.17) is 19.2 Å². The van der Waals surface area contributed by atoms with Crippen LogP contribution in [0.1, 0.15) is 88.6 Å². The lowest BCUT2D eigenvalue weighted by Gasteiger charge is -2.31. The zero-order valence-electron chi connectivity index (χ0n) is 26.5. The van der Waals surface area contributed by atoms with Crippen molar-refractivity contribution in [2.24, 2.45) is 0 Å². The van der Waals surface area contributed by atoms with Gasteiger partial charge in [0.2, 0.25) is 5.88 Å². The van der Waals surface area contributed by atoms with Crippen LogP contribution < -0.4 is 9.64 Å². The quantitative estimate of drug-likeness (QED) is 0.112. The number of fused-ring (bicyclic) bond motifs is 1. The summed E-state index contributed by atoms with van der Waals surface area (Å²) in [4.78, 5) is 36.1. The molecule has 4 rings (SSSR count). The zero-order chi connectivity index (χ0) is 31.4. The summed E-state index contributed by atoms with van der Waals surface area (Å²) in [6.07, 6.45) is 10.4. The van der Waals surface area contributed by atoms with Gasteiger partial charge in [-0.05, 0) is 101 Å². The van der Waals surface area contributed by atoms with Crippen LogP contribution in [0.15, 0.2) is 66.9 Å². The number of allylic oxidation sites excluding steroid dienone is 1.